The van der Waals surface area contributed by atoms with Gasteiger partial charge in [-0.3, -0.25) is 14.8 Å². The van der Waals surface area contributed by atoms with Gasteiger partial charge in [0.1, 0.15) is 16.9 Å². The molecule has 1 amide bonds. The lowest BCUT2D eigenvalue weighted by Gasteiger charge is -2.40. The van der Waals surface area contributed by atoms with E-state index in [0.717, 1.165) is 17.9 Å². The van der Waals surface area contributed by atoms with Crippen LogP contribution in [0.1, 0.15) is 22.8 Å². The van der Waals surface area contributed by atoms with Gasteiger partial charge in [-0.1, -0.05) is 11.3 Å². The zero-order chi connectivity index (χ0) is 18.9. The summed E-state index contributed by atoms with van der Waals surface area (Å²) in [6.07, 6.45) is 5.37. The van der Waals surface area contributed by atoms with E-state index in [9.17, 15) is 4.79 Å². The lowest BCUT2D eigenvalue weighted by atomic mass is 9.97. The van der Waals surface area contributed by atoms with Gasteiger partial charge >= 0.3 is 0 Å². The average molecular weight is 385 g/mol. The van der Waals surface area contributed by atoms with E-state index < -0.39 is 5.60 Å². The topological polar surface area (TPSA) is 98.1 Å². The number of rotatable bonds is 4. The van der Waals surface area contributed by atoms with Gasteiger partial charge in [0, 0.05) is 31.5 Å². The molecular formula is C17H19N7O2S. The van der Waals surface area contributed by atoms with Crippen molar-refractivity contribution in [3.8, 4) is 0 Å². The third-order valence-electron chi connectivity index (χ3n) is 4.50. The van der Waals surface area contributed by atoms with Gasteiger partial charge in [0.15, 0.2) is 0 Å². The monoisotopic (exact) mass is 385 g/mol. The third-order valence-corrected chi connectivity index (χ3v) is 5.11. The molecule has 0 bridgehead atoms. The van der Waals surface area contributed by atoms with Crippen LogP contribution >= 0.6 is 11.3 Å². The van der Waals surface area contributed by atoms with Crippen LogP contribution < -0.4 is 10.2 Å². The number of nitrogens with zero attached hydrogens (tertiary/aromatic N) is 6. The molecule has 4 heterocycles. The third kappa shape index (κ3) is 3.67. The van der Waals surface area contributed by atoms with Crippen LogP contribution in [0.4, 0.5) is 10.9 Å². The molecule has 0 aliphatic carbocycles. The van der Waals surface area contributed by atoms with Crippen LogP contribution in [0.3, 0.4) is 0 Å². The van der Waals surface area contributed by atoms with Crippen LogP contribution in [-0.2, 0) is 17.4 Å². The van der Waals surface area contributed by atoms with E-state index in [1.165, 1.54) is 11.3 Å². The molecule has 9 nitrogen and oxygen atoms in total. The minimum absolute atomic E-state index is 0.257. The average Bonchev–Trinajstić information content (AvgIpc) is 3.34. The quantitative estimate of drug-likeness (QED) is 0.729. The highest BCUT2D eigenvalue weighted by Crippen LogP contribution is 2.31. The maximum Gasteiger partial charge on any atom is 0.259 e. The first-order chi connectivity index (χ1) is 13.0. The maximum atomic E-state index is 12.2. The lowest BCUT2D eigenvalue weighted by molar-refractivity contribution is -0.0468. The number of ether oxygens (including phenoxy) is 1. The fourth-order valence-electron chi connectivity index (χ4n) is 3.04. The van der Waals surface area contributed by atoms with Crippen LogP contribution in [0.5, 0.6) is 0 Å². The summed E-state index contributed by atoms with van der Waals surface area (Å²) in [4.78, 5) is 18.9. The Morgan fingerprint density at radius 3 is 2.93 bits per heavy atom. The second kappa shape index (κ2) is 7.05. The van der Waals surface area contributed by atoms with Crippen LogP contribution in [0, 0.1) is 0 Å². The van der Waals surface area contributed by atoms with Crippen molar-refractivity contribution in [1.82, 2.24) is 25.0 Å². The van der Waals surface area contributed by atoms with Crippen molar-refractivity contribution >= 4 is 28.2 Å². The predicted octanol–water partition coefficient (Wildman–Crippen LogP) is 1.67. The maximum absolute atomic E-state index is 12.2. The fourth-order valence-corrected chi connectivity index (χ4v) is 3.48. The van der Waals surface area contributed by atoms with Gasteiger partial charge in [-0.05, 0) is 19.1 Å². The molecule has 0 radical (unpaired) electrons. The molecule has 1 unspecified atom stereocenters. The molecule has 3 aromatic heterocycles. The lowest BCUT2D eigenvalue weighted by Crippen LogP contribution is -2.48. The SMILES string of the molecule is Cn1cc(C2(C)CN(c3ccc(C(=O)Nc4nncs4)cn3)CCO2)cn1. The first kappa shape index (κ1) is 17.6. The van der Waals surface area contributed by atoms with E-state index in [1.54, 1.807) is 22.5 Å². The molecular weight excluding hydrogens is 366 g/mol. The molecule has 1 N–H and O–H groups in total. The Hall–Kier alpha value is -2.85. The van der Waals surface area contributed by atoms with Crippen molar-refractivity contribution in [1.29, 1.82) is 0 Å². The van der Waals surface area contributed by atoms with Gasteiger partial charge in [0.2, 0.25) is 5.13 Å². The summed E-state index contributed by atoms with van der Waals surface area (Å²) in [6.45, 7) is 4.04. The molecule has 0 aromatic carbocycles. The molecule has 0 spiro atoms. The largest absolute Gasteiger partial charge is 0.367 e. The van der Waals surface area contributed by atoms with E-state index in [1.807, 2.05) is 25.5 Å². The van der Waals surface area contributed by atoms with Gasteiger partial charge in [-0.2, -0.15) is 5.10 Å². The highest BCUT2D eigenvalue weighted by Gasteiger charge is 2.35. The van der Waals surface area contributed by atoms with Gasteiger partial charge in [0.05, 0.1) is 24.9 Å². The van der Waals surface area contributed by atoms with E-state index in [4.69, 9.17) is 4.74 Å². The van der Waals surface area contributed by atoms with Crippen molar-refractivity contribution in [3.63, 3.8) is 0 Å². The smallest absolute Gasteiger partial charge is 0.259 e. The Balaban J connectivity index is 1.47. The summed E-state index contributed by atoms with van der Waals surface area (Å²) in [6, 6.07) is 3.61. The van der Waals surface area contributed by atoms with E-state index in [-0.39, 0.29) is 5.91 Å². The normalized spacial score (nSPS) is 19.9. The standard InChI is InChI=1S/C17H19N7O2S/c1-17(13-8-20-23(2)9-13)10-24(5-6-26-17)14-4-3-12(7-18-14)15(25)21-16-22-19-11-27-16/h3-4,7-9,11H,5-6,10H2,1-2H3,(H,21,22,25). The van der Waals surface area contributed by atoms with Gasteiger partial charge in [-0.25, -0.2) is 4.98 Å². The highest BCUT2D eigenvalue weighted by molar-refractivity contribution is 7.13. The van der Waals surface area contributed by atoms with E-state index in [2.05, 4.69) is 37.4 Å². The second-order valence-corrected chi connectivity index (χ2v) is 7.34. The van der Waals surface area contributed by atoms with E-state index in [0.29, 0.717) is 23.8 Å². The minimum atomic E-state index is -0.456. The van der Waals surface area contributed by atoms with Gasteiger partial charge in [-0.15, -0.1) is 10.2 Å². The first-order valence-corrected chi connectivity index (χ1v) is 9.33. The Bertz CT molecular complexity index is 925. The fraction of sp³-hybridized carbons (Fsp3) is 0.353. The summed E-state index contributed by atoms with van der Waals surface area (Å²) in [7, 11) is 1.89. The molecule has 1 fully saturated rings. The summed E-state index contributed by atoms with van der Waals surface area (Å²) in [5.41, 5.74) is 2.61. The molecule has 4 rings (SSSR count). The summed E-state index contributed by atoms with van der Waals surface area (Å²) >= 11 is 1.27. The van der Waals surface area contributed by atoms with Crippen LogP contribution in [0.2, 0.25) is 0 Å². The summed E-state index contributed by atoms with van der Waals surface area (Å²) in [5, 5.41) is 14.9. The number of carbonyl (C=O) groups excluding carboxylic acids is 1. The van der Waals surface area contributed by atoms with Crippen molar-refractivity contribution in [3.05, 3.63) is 47.4 Å². The number of morpholine rings is 1. The molecule has 0 saturated carbocycles. The predicted molar refractivity (Wildman–Crippen MR) is 101 cm³/mol. The molecule has 1 aliphatic rings. The number of amides is 1. The number of aromatic nitrogens is 5. The highest BCUT2D eigenvalue weighted by atomic mass is 32.1. The second-order valence-electron chi connectivity index (χ2n) is 6.51. The number of aryl methyl sites for hydroxylation is 1. The zero-order valence-corrected chi connectivity index (χ0v) is 15.8. The number of hydrogen-bond acceptors (Lipinski definition) is 8. The molecule has 1 atom stereocenters. The minimum Gasteiger partial charge on any atom is -0.367 e. The Morgan fingerprint density at radius 1 is 1.37 bits per heavy atom. The Morgan fingerprint density at radius 2 is 2.26 bits per heavy atom. The number of anilines is 2. The first-order valence-electron chi connectivity index (χ1n) is 8.45. The van der Waals surface area contributed by atoms with Crippen LogP contribution in [-0.4, -0.2) is 50.6 Å². The molecule has 27 heavy (non-hydrogen) atoms. The van der Waals surface area contributed by atoms with Crippen LogP contribution in [0.15, 0.2) is 36.2 Å². The number of pyridine rings is 1. The molecule has 3 aromatic rings. The molecule has 1 saturated heterocycles. The van der Waals surface area contributed by atoms with Crippen molar-refractivity contribution in [2.24, 2.45) is 7.05 Å². The van der Waals surface area contributed by atoms with Gasteiger partial charge < -0.3 is 9.64 Å². The zero-order valence-electron chi connectivity index (χ0n) is 15.0. The van der Waals surface area contributed by atoms with Crippen molar-refractivity contribution in [2.75, 3.05) is 29.9 Å². The summed E-state index contributed by atoms with van der Waals surface area (Å²) < 4.78 is 7.81. The molecule has 1 aliphatic heterocycles. The Kier molecular flexibility index (Phi) is 4.58. The molecule has 10 heteroatoms. The molecule has 140 valence electrons. The number of carbonyl (C=O) groups is 1. The number of nitrogens with one attached hydrogen (secondary N) is 1. The van der Waals surface area contributed by atoms with E-state index >= 15 is 0 Å². The van der Waals surface area contributed by atoms with Crippen molar-refractivity contribution in [2.45, 2.75) is 12.5 Å². The van der Waals surface area contributed by atoms with Crippen molar-refractivity contribution < 1.29 is 9.53 Å². The summed E-state index contributed by atoms with van der Waals surface area (Å²) in [5.74, 6) is 0.550. The Labute approximate surface area is 160 Å². The van der Waals surface area contributed by atoms with Crippen LogP contribution in [0.25, 0.3) is 0 Å². The van der Waals surface area contributed by atoms with Gasteiger partial charge in [0.25, 0.3) is 5.91 Å². The number of hydrogen-bond donors (Lipinski definition) is 1.